The molecule has 0 radical (unpaired) electrons. The van der Waals surface area contributed by atoms with E-state index in [1.165, 1.54) is 32.1 Å². The van der Waals surface area contributed by atoms with E-state index >= 15 is 0 Å². The molecule has 1 rings (SSSR count). The van der Waals surface area contributed by atoms with Crippen LogP contribution in [0.4, 0.5) is 0 Å². The first kappa shape index (κ1) is 11.6. The van der Waals surface area contributed by atoms with E-state index in [4.69, 9.17) is 0 Å². The third-order valence-corrected chi connectivity index (χ3v) is 3.29. The van der Waals surface area contributed by atoms with Crippen LogP contribution in [-0.4, -0.2) is 30.1 Å². The number of hydrogen-bond donors (Lipinski definition) is 1. The molecule has 0 saturated heterocycles. The number of aliphatic hydroxyl groups excluding tert-OH is 1. The third-order valence-electron chi connectivity index (χ3n) is 3.29. The molecule has 0 amide bonds. The van der Waals surface area contributed by atoms with Gasteiger partial charge in [0.05, 0.1) is 6.04 Å². The van der Waals surface area contributed by atoms with Crippen LogP contribution in [0.1, 0.15) is 38.5 Å². The Morgan fingerprint density at radius 2 is 1.93 bits per heavy atom. The highest BCUT2D eigenvalue weighted by Gasteiger charge is 2.21. The summed E-state index contributed by atoms with van der Waals surface area (Å²) in [5.41, 5.74) is 0. The van der Waals surface area contributed by atoms with Crippen molar-refractivity contribution >= 4 is 0 Å². The molecule has 0 aromatic carbocycles. The zero-order valence-corrected chi connectivity index (χ0v) is 9.50. The second kappa shape index (κ2) is 5.40. The maximum Gasteiger partial charge on any atom is 0.102 e. The average molecular weight is 197 g/mol. The van der Waals surface area contributed by atoms with Crippen molar-refractivity contribution in [3.63, 3.8) is 0 Å². The molecule has 2 nitrogen and oxygen atoms in total. The highest BCUT2D eigenvalue weighted by Crippen LogP contribution is 2.29. The second-order valence-electron chi connectivity index (χ2n) is 4.71. The van der Waals surface area contributed by atoms with E-state index in [0.29, 0.717) is 5.76 Å². The molecule has 0 aliphatic heterocycles. The Labute approximate surface area is 87.6 Å². The molecule has 0 heterocycles. The summed E-state index contributed by atoms with van der Waals surface area (Å²) >= 11 is 0. The molecule has 1 N–H and O–H groups in total. The van der Waals surface area contributed by atoms with Gasteiger partial charge in [-0.15, -0.1) is 0 Å². The molecule has 14 heavy (non-hydrogen) atoms. The van der Waals surface area contributed by atoms with Crippen LogP contribution in [0, 0.1) is 5.92 Å². The number of likely N-dealkylation sites (N-methyl/N-ethyl adjacent to an activating group) is 1. The molecule has 0 aromatic heterocycles. The summed E-state index contributed by atoms with van der Waals surface area (Å²) in [7, 11) is 4.02. The van der Waals surface area contributed by atoms with Crippen molar-refractivity contribution in [1.82, 2.24) is 4.90 Å². The lowest BCUT2D eigenvalue weighted by Gasteiger charge is -2.29. The van der Waals surface area contributed by atoms with Gasteiger partial charge >= 0.3 is 0 Å². The summed E-state index contributed by atoms with van der Waals surface area (Å²) in [4.78, 5) is 2.07. The molecular formula is C12H23NO. The van der Waals surface area contributed by atoms with Crippen molar-refractivity contribution in [2.75, 3.05) is 14.1 Å². The highest BCUT2D eigenvalue weighted by atomic mass is 16.3. The maximum absolute atomic E-state index is 9.48. The van der Waals surface area contributed by atoms with Gasteiger partial charge in [0.25, 0.3) is 0 Å². The fourth-order valence-corrected chi connectivity index (χ4v) is 2.38. The monoisotopic (exact) mass is 197 g/mol. The predicted octanol–water partition coefficient (Wildman–Crippen LogP) is 2.96. The highest BCUT2D eigenvalue weighted by molar-refractivity contribution is 4.95. The Hall–Kier alpha value is -0.500. The van der Waals surface area contributed by atoms with E-state index in [-0.39, 0.29) is 6.04 Å². The fraction of sp³-hybridized carbons (Fsp3) is 0.833. The first-order valence-electron chi connectivity index (χ1n) is 5.65. The topological polar surface area (TPSA) is 23.5 Å². The number of hydrogen-bond acceptors (Lipinski definition) is 2. The van der Waals surface area contributed by atoms with Crippen LogP contribution in [0.25, 0.3) is 0 Å². The average Bonchev–Trinajstić information content (AvgIpc) is 2.15. The van der Waals surface area contributed by atoms with Gasteiger partial charge in [0.15, 0.2) is 0 Å². The van der Waals surface area contributed by atoms with E-state index < -0.39 is 0 Å². The van der Waals surface area contributed by atoms with Crippen LogP contribution in [0.2, 0.25) is 0 Å². The molecule has 1 fully saturated rings. The van der Waals surface area contributed by atoms with Crippen LogP contribution in [0.15, 0.2) is 12.3 Å². The van der Waals surface area contributed by atoms with Gasteiger partial charge in [-0.3, -0.25) is 4.90 Å². The molecule has 82 valence electrons. The van der Waals surface area contributed by atoms with Gasteiger partial charge in [-0.1, -0.05) is 38.7 Å². The number of nitrogens with zero attached hydrogens (tertiary/aromatic N) is 1. The maximum atomic E-state index is 9.48. The SMILES string of the molecule is C=C(O)C(CC1CCCCC1)N(C)C. The van der Waals surface area contributed by atoms with Crippen molar-refractivity contribution in [2.24, 2.45) is 5.92 Å². The van der Waals surface area contributed by atoms with Crippen LogP contribution in [0.3, 0.4) is 0 Å². The van der Waals surface area contributed by atoms with Crippen molar-refractivity contribution < 1.29 is 5.11 Å². The molecule has 1 aliphatic carbocycles. The Kier molecular flexibility index (Phi) is 4.46. The minimum absolute atomic E-state index is 0.151. The van der Waals surface area contributed by atoms with Gasteiger partial charge in [0, 0.05) is 0 Å². The summed E-state index contributed by atoms with van der Waals surface area (Å²) in [6.07, 6.45) is 7.85. The zero-order valence-electron chi connectivity index (χ0n) is 9.50. The zero-order chi connectivity index (χ0) is 10.6. The lowest BCUT2D eigenvalue weighted by Crippen LogP contribution is -2.32. The first-order valence-corrected chi connectivity index (χ1v) is 5.65. The Bertz CT molecular complexity index is 183. The molecule has 0 bridgehead atoms. The molecule has 1 unspecified atom stereocenters. The van der Waals surface area contributed by atoms with E-state index in [0.717, 1.165) is 12.3 Å². The van der Waals surface area contributed by atoms with E-state index in [1.807, 2.05) is 14.1 Å². The standard InChI is InChI=1S/C12H23NO/c1-10(14)12(13(2)3)9-11-7-5-4-6-8-11/h11-12,14H,1,4-9H2,2-3H3. The van der Waals surface area contributed by atoms with Crippen molar-refractivity contribution in [3.05, 3.63) is 12.3 Å². The minimum Gasteiger partial charge on any atom is -0.511 e. The van der Waals surface area contributed by atoms with Gasteiger partial charge in [0.1, 0.15) is 5.76 Å². The Morgan fingerprint density at radius 3 is 2.36 bits per heavy atom. The van der Waals surface area contributed by atoms with Gasteiger partial charge < -0.3 is 5.11 Å². The second-order valence-corrected chi connectivity index (χ2v) is 4.71. The van der Waals surface area contributed by atoms with Crippen LogP contribution in [0.5, 0.6) is 0 Å². The fourth-order valence-electron chi connectivity index (χ4n) is 2.38. The molecule has 1 atom stereocenters. The summed E-state index contributed by atoms with van der Waals surface area (Å²) in [6.45, 7) is 3.66. The van der Waals surface area contributed by atoms with Gasteiger partial charge in [-0.05, 0) is 26.4 Å². The summed E-state index contributed by atoms with van der Waals surface area (Å²) in [5, 5.41) is 9.48. The Morgan fingerprint density at radius 1 is 1.36 bits per heavy atom. The van der Waals surface area contributed by atoms with Crippen molar-refractivity contribution in [3.8, 4) is 0 Å². The van der Waals surface area contributed by atoms with Crippen LogP contribution >= 0.6 is 0 Å². The molecule has 0 spiro atoms. The molecule has 2 heteroatoms. The van der Waals surface area contributed by atoms with Gasteiger partial charge in [-0.25, -0.2) is 0 Å². The van der Waals surface area contributed by atoms with E-state index in [1.54, 1.807) is 0 Å². The third kappa shape index (κ3) is 3.33. The van der Waals surface area contributed by atoms with E-state index in [9.17, 15) is 5.11 Å². The van der Waals surface area contributed by atoms with Gasteiger partial charge in [-0.2, -0.15) is 0 Å². The summed E-state index contributed by atoms with van der Waals surface area (Å²) < 4.78 is 0. The molecule has 0 aromatic rings. The van der Waals surface area contributed by atoms with E-state index in [2.05, 4.69) is 11.5 Å². The number of rotatable bonds is 4. The van der Waals surface area contributed by atoms with Crippen LogP contribution in [-0.2, 0) is 0 Å². The largest absolute Gasteiger partial charge is 0.511 e. The minimum atomic E-state index is 0.151. The van der Waals surface area contributed by atoms with Gasteiger partial charge in [0.2, 0.25) is 0 Å². The summed E-state index contributed by atoms with van der Waals surface area (Å²) in [6, 6.07) is 0.151. The summed E-state index contributed by atoms with van der Waals surface area (Å²) in [5.74, 6) is 1.11. The number of aliphatic hydroxyl groups is 1. The quantitative estimate of drug-likeness (QED) is 0.700. The lowest BCUT2D eigenvalue weighted by atomic mass is 9.84. The smallest absolute Gasteiger partial charge is 0.102 e. The van der Waals surface area contributed by atoms with Crippen molar-refractivity contribution in [1.29, 1.82) is 0 Å². The molecule has 1 saturated carbocycles. The lowest BCUT2D eigenvalue weighted by molar-refractivity contribution is 0.192. The normalized spacial score (nSPS) is 21.1. The first-order chi connectivity index (χ1) is 6.61. The van der Waals surface area contributed by atoms with Crippen molar-refractivity contribution in [2.45, 2.75) is 44.6 Å². The predicted molar refractivity (Wildman–Crippen MR) is 60.4 cm³/mol. The Balaban J connectivity index is 2.41. The van der Waals surface area contributed by atoms with Crippen LogP contribution < -0.4 is 0 Å². The molecule has 1 aliphatic rings. The molecular weight excluding hydrogens is 174 g/mol.